The molecular formula is C9H14F3NO3. The lowest BCUT2D eigenvalue weighted by atomic mass is 9.96. The van der Waals surface area contributed by atoms with Crippen LogP contribution in [0.25, 0.3) is 0 Å². The number of carboxylic acids is 1. The van der Waals surface area contributed by atoms with Crippen LogP contribution >= 0.6 is 0 Å². The molecule has 0 amide bonds. The largest absolute Gasteiger partial charge is 0.480 e. The molecule has 0 radical (unpaired) electrons. The van der Waals surface area contributed by atoms with Gasteiger partial charge in [0.1, 0.15) is 5.54 Å². The lowest BCUT2D eigenvalue weighted by molar-refractivity contribution is -0.219. The van der Waals surface area contributed by atoms with Gasteiger partial charge < -0.3 is 15.6 Å². The summed E-state index contributed by atoms with van der Waals surface area (Å²) in [4.78, 5) is 10.9. The summed E-state index contributed by atoms with van der Waals surface area (Å²) < 4.78 is 40.9. The SMILES string of the molecule is CC(OCC(N)(C(=O)O)C1CC1)C(F)(F)F. The Labute approximate surface area is 90.6 Å². The summed E-state index contributed by atoms with van der Waals surface area (Å²) in [5.74, 6) is -1.60. The molecule has 0 aliphatic heterocycles. The first-order chi connectivity index (χ1) is 7.18. The van der Waals surface area contributed by atoms with Gasteiger partial charge in [0.05, 0.1) is 6.61 Å². The van der Waals surface area contributed by atoms with Gasteiger partial charge in [-0.05, 0) is 25.7 Å². The first-order valence-electron chi connectivity index (χ1n) is 4.88. The lowest BCUT2D eigenvalue weighted by Gasteiger charge is -2.26. The van der Waals surface area contributed by atoms with Crippen molar-refractivity contribution in [3.8, 4) is 0 Å². The Hall–Kier alpha value is -0.820. The van der Waals surface area contributed by atoms with Crippen molar-refractivity contribution in [2.45, 2.75) is 37.6 Å². The van der Waals surface area contributed by atoms with Crippen LogP contribution < -0.4 is 5.73 Å². The third kappa shape index (κ3) is 2.85. The zero-order valence-corrected chi connectivity index (χ0v) is 8.75. The fourth-order valence-corrected chi connectivity index (χ4v) is 1.31. The van der Waals surface area contributed by atoms with Crippen molar-refractivity contribution in [2.75, 3.05) is 6.61 Å². The predicted octanol–water partition coefficient (Wildman–Crippen LogP) is 1.15. The number of alkyl halides is 3. The topological polar surface area (TPSA) is 72.5 Å². The van der Waals surface area contributed by atoms with E-state index in [9.17, 15) is 18.0 Å². The maximum absolute atomic E-state index is 12.1. The van der Waals surface area contributed by atoms with Crippen molar-refractivity contribution in [3.05, 3.63) is 0 Å². The van der Waals surface area contributed by atoms with Gasteiger partial charge in [-0.1, -0.05) is 0 Å². The zero-order chi connectivity index (χ0) is 12.6. The van der Waals surface area contributed by atoms with Crippen LogP contribution in [0.15, 0.2) is 0 Å². The molecular weight excluding hydrogens is 227 g/mol. The van der Waals surface area contributed by atoms with Gasteiger partial charge in [-0.3, -0.25) is 4.79 Å². The Morgan fingerprint density at radius 3 is 2.38 bits per heavy atom. The van der Waals surface area contributed by atoms with E-state index in [-0.39, 0.29) is 5.92 Å². The van der Waals surface area contributed by atoms with E-state index in [0.717, 1.165) is 6.92 Å². The standard InChI is InChI=1S/C9H14F3NO3/c1-5(9(10,11)12)16-4-8(13,7(14)15)6-2-3-6/h5-6H,2-4,13H2,1H3,(H,14,15). The number of ether oxygens (including phenoxy) is 1. The third-order valence-corrected chi connectivity index (χ3v) is 2.74. The smallest absolute Gasteiger partial charge is 0.414 e. The van der Waals surface area contributed by atoms with Gasteiger partial charge in [0.2, 0.25) is 0 Å². The van der Waals surface area contributed by atoms with E-state index >= 15 is 0 Å². The minimum absolute atomic E-state index is 0.287. The molecule has 0 saturated heterocycles. The summed E-state index contributed by atoms with van der Waals surface area (Å²) in [6.45, 7) is 0.211. The van der Waals surface area contributed by atoms with E-state index in [1.165, 1.54) is 0 Å². The fraction of sp³-hybridized carbons (Fsp3) is 0.889. The van der Waals surface area contributed by atoms with Gasteiger partial charge in [-0.15, -0.1) is 0 Å². The summed E-state index contributed by atoms with van der Waals surface area (Å²) >= 11 is 0. The van der Waals surface area contributed by atoms with Crippen molar-refractivity contribution in [3.63, 3.8) is 0 Å². The molecule has 0 spiro atoms. The summed E-state index contributed by atoms with van der Waals surface area (Å²) in [7, 11) is 0. The maximum Gasteiger partial charge on any atom is 0.414 e. The molecule has 1 aliphatic carbocycles. The van der Waals surface area contributed by atoms with E-state index in [1.807, 2.05) is 0 Å². The second-order valence-corrected chi connectivity index (χ2v) is 4.11. The molecule has 2 unspecified atom stereocenters. The molecule has 1 aliphatic rings. The highest BCUT2D eigenvalue weighted by atomic mass is 19.4. The quantitative estimate of drug-likeness (QED) is 0.757. The second-order valence-electron chi connectivity index (χ2n) is 4.11. The van der Waals surface area contributed by atoms with Crippen LogP contribution in [0.5, 0.6) is 0 Å². The first-order valence-corrected chi connectivity index (χ1v) is 4.88. The van der Waals surface area contributed by atoms with Crippen LogP contribution in [-0.2, 0) is 9.53 Å². The number of nitrogens with two attached hydrogens (primary N) is 1. The van der Waals surface area contributed by atoms with Crippen LogP contribution in [0.2, 0.25) is 0 Å². The molecule has 94 valence electrons. The molecule has 1 fully saturated rings. The Morgan fingerprint density at radius 2 is 2.06 bits per heavy atom. The minimum atomic E-state index is -4.50. The Balaban J connectivity index is 2.54. The van der Waals surface area contributed by atoms with Gasteiger partial charge in [-0.2, -0.15) is 13.2 Å². The molecule has 2 atom stereocenters. The Kier molecular flexibility index (Phi) is 3.49. The summed E-state index contributed by atoms with van der Waals surface area (Å²) in [6, 6.07) is 0. The summed E-state index contributed by atoms with van der Waals surface area (Å²) in [5.41, 5.74) is 3.85. The molecule has 3 N–H and O–H groups in total. The number of carbonyl (C=O) groups is 1. The zero-order valence-electron chi connectivity index (χ0n) is 8.75. The molecule has 7 heteroatoms. The number of carboxylic acid groups (broad SMARTS) is 1. The average Bonchev–Trinajstić information content (AvgIpc) is 2.94. The monoisotopic (exact) mass is 241 g/mol. The first kappa shape index (κ1) is 13.2. The van der Waals surface area contributed by atoms with Crippen LogP contribution in [0.4, 0.5) is 13.2 Å². The van der Waals surface area contributed by atoms with Crippen molar-refractivity contribution in [2.24, 2.45) is 11.7 Å². The van der Waals surface area contributed by atoms with Gasteiger partial charge >= 0.3 is 12.1 Å². The Morgan fingerprint density at radius 1 is 1.56 bits per heavy atom. The predicted molar refractivity (Wildman–Crippen MR) is 48.7 cm³/mol. The van der Waals surface area contributed by atoms with Gasteiger partial charge in [0, 0.05) is 0 Å². The second kappa shape index (κ2) is 4.21. The van der Waals surface area contributed by atoms with Crippen LogP contribution in [0.1, 0.15) is 19.8 Å². The van der Waals surface area contributed by atoms with E-state index in [1.54, 1.807) is 0 Å². The van der Waals surface area contributed by atoms with Crippen LogP contribution in [-0.4, -0.2) is 35.5 Å². The number of hydrogen-bond donors (Lipinski definition) is 2. The summed E-state index contributed by atoms with van der Waals surface area (Å²) in [6.07, 6.45) is -5.27. The van der Waals surface area contributed by atoms with Crippen LogP contribution in [0.3, 0.4) is 0 Å². The molecule has 0 heterocycles. The molecule has 16 heavy (non-hydrogen) atoms. The van der Waals surface area contributed by atoms with Gasteiger partial charge in [0.25, 0.3) is 0 Å². The molecule has 4 nitrogen and oxygen atoms in total. The van der Waals surface area contributed by atoms with Crippen molar-refractivity contribution < 1.29 is 27.8 Å². The van der Waals surface area contributed by atoms with Gasteiger partial charge in [-0.25, -0.2) is 0 Å². The molecule has 0 aromatic heterocycles. The number of halogens is 3. The molecule has 1 saturated carbocycles. The molecule has 0 bridgehead atoms. The van der Waals surface area contributed by atoms with E-state index < -0.39 is 30.4 Å². The summed E-state index contributed by atoms with van der Waals surface area (Å²) in [5, 5.41) is 8.87. The van der Waals surface area contributed by atoms with Gasteiger partial charge in [0.15, 0.2) is 6.10 Å². The minimum Gasteiger partial charge on any atom is -0.480 e. The maximum atomic E-state index is 12.1. The molecule has 0 aromatic rings. The average molecular weight is 241 g/mol. The van der Waals surface area contributed by atoms with E-state index in [2.05, 4.69) is 4.74 Å². The highest BCUT2D eigenvalue weighted by Gasteiger charge is 2.50. The number of aliphatic carboxylic acids is 1. The Bertz CT molecular complexity index is 278. The van der Waals surface area contributed by atoms with E-state index in [0.29, 0.717) is 12.8 Å². The lowest BCUT2D eigenvalue weighted by Crippen LogP contribution is -2.55. The van der Waals surface area contributed by atoms with Crippen molar-refractivity contribution in [1.82, 2.24) is 0 Å². The highest BCUT2D eigenvalue weighted by Crippen LogP contribution is 2.39. The fourth-order valence-electron chi connectivity index (χ4n) is 1.31. The van der Waals surface area contributed by atoms with E-state index in [4.69, 9.17) is 10.8 Å². The number of rotatable bonds is 5. The molecule has 0 aromatic carbocycles. The normalized spacial score (nSPS) is 22.6. The molecule has 1 rings (SSSR count). The third-order valence-electron chi connectivity index (χ3n) is 2.74. The number of hydrogen-bond acceptors (Lipinski definition) is 3. The van der Waals surface area contributed by atoms with Crippen molar-refractivity contribution in [1.29, 1.82) is 0 Å². The highest BCUT2D eigenvalue weighted by molar-refractivity contribution is 5.79. The van der Waals surface area contributed by atoms with Crippen molar-refractivity contribution >= 4 is 5.97 Å². The van der Waals surface area contributed by atoms with Crippen LogP contribution in [0, 0.1) is 5.92 Å².